The zero-order valence-electron chi connectivity index (χ0n) is 14.4. The maximum absolute atomic E-state index is 13.1. The molecule has 0 aromatic heterocycles. The van der Waals surface area contributed by atoms with Gasteiger partial charge in [0, 0.05) is 0 Å². The molecule has 26 heavy (non-hydrogen) atoms. The fourth-order valence-electron chi connectivity index (χ4n) is 3.61. The van der Waals surface area contributed by atoms with E-state index < -0.39 is 12.0 Å². The standard InChI is InChI=1S/C20H20N2O4/c1-14-17(19(23)21-12-13-25-20(21)24)18(15-8-4-2-5-9-15)22(26-14)16-10-6-3-7-11-16/h2-11,14,17-18H,12-13H2,1H3/t14-,17-,18-/m1/s1. The molecule has 2 amide bonds. The number of ether oxygens (including phenoxy) is 1. The smallest absolute Gasteiger partial charge is 0.416 e. The Morgan fingerprint density at radius 3 is 2.31 bits per heavy atom. The SMILES string of the molecule is C[C@H]1ON(c2ccccc2)[C@H](c2ccccc2)[C@@H]1C(=O)N1CCOC1=O. The summed E-state index contributed by atoms with van der Waals surface area (Å²) in [5.41, 5.74) is 1.83. The Morgan fingerprint density at radius 2 is 1.69 bits per heavy atom. The van der Waals surface area contributed by atoms with Gasteiger partial charge in [0.2, 0.25) is 5.91 Å². The first kappa shape index (κ1) is 16.6. The largest absolute Gasteiger partial charge is 0.447 e. The maximum atomic E-state index is 13.1. The molecule has 0 saturated carbocycles. The van der Waals surface area contributed by atoms with E-state index in [-0.39, 0.29) is 31.2 Å². The van der Waals surface area contributed by atoms with Crippen molar-refractivity contribution in [3.8, 4) is 0 Å². The summed E-state index contributed by atoms with van der Waals surface area (Å²) >= 11 is 0. The molecule has 0 radical (unpaired) electrons. The molecule has 0 bridgehead atoms. The van der Waals surface area contributed by atoms with Crippen LogP contribution in [0.1, 0.15) is 18.5 Å². The van der Waals surface area contributed by atoms with Gasteiger partial charge in [-0.25, -0.2) is 14.8 Å². The average Bonchev–Trinajstić information content (AvgIpc) is 3.26. The van der Waals surface area contributed by atoms with E-state index in [1.165, 1.54) is 4.90 Å². The first-order chi connectivity index (χ1) is 12.7. The molecular weight excluding hydrogens is 332 g/mol. The van der Waals surface area contributed by atoms with Crippen molar-refractivity contribution < 1.29 is 19.2 Å². The Labute approximate surface area is 151 Å². The summed E-state index contributed by atoms with van der Waals surface area (Å²) in [6.45, 7) is 2.39. The van der Waals surface area contributed by atoms with Gasteiger partial charge >= 0.3 is 6.09 Å². The fraction of sp³-hybridized carbons (Fsp3) is 0.300. The van der Waals surface area contributed by atoms with Crippen molar-refractivity contribution in [2.24, 2.45) is 5.92 Å². The van der Waals surface area contributed by atoms with Gasteiger partial charge in [-0.05, 0) is 24.6 Å². The predicted molar refractivity (Wildman–Crippen MR) is 95.2 cm³/mol. The third-order valence-corrected chi connectivity index (χ3v) is 4.84. The van der Waals surface area contributed by atoms with Crippen molar-refractivity contribution >= 4 is 17.7 Å². The minimum atomic E-state index is -0.577. The number of hydrogen-bond donors (Lipinski definition) is 0. The van der Waals surface area contributed by atoms with Gasteiger partial charge in [0.15, 0.2) is 0 Å². The molecule has 2 aliphatic heterocycles. The molecule has 3 atom stereocenters. The van der Waals surface area contributed by atoms with E-state index in [1.807, 2.05) is 67.6 Å². The summed E-state index contributed by atoms with van der Waals surface area (Å²) in [6.07, 6.45) is -0.950. The Hall–Kier alpha value is -2.86. The maximum Gasteiger partial charge on any atom is 0.416 e. The molecule has 2 aliphatic rings. The Balaban J connectivity index is 1.74. The lowest BCUT2D eigenvalue weighted by Gasteiger charge is -2.28. The molecule has 4 rings (SSSR count). The van der Waals surface area contributed by atoms with Crippen LogP contribution >= 0.6 is 0 Å². The Morgan fingerprint density at radius 1 is 1.04 bits per heavy atom. The minimum absolute atomic E-state index is 0.241. The third-order valence-electron chi connectivity index (χ3n) is 4.84. The number of carbonyl (C=O) groups excluding carboxylic acids is 2. The first-order valence-electron chi connectivity index (χ1n) is 8.71. The third kappa shape index (κ3) is 2.82. The monoisotopic (exact) mass is 352 g/mol. The van der Waals surface area contributed by atoms with E-state index in [0.29, 0.717) is 0 Å². The van der Waals surface area contributed by atoms with E-state index in [1.54, 1.807) is 5.06 Å². The summed E-state index contributed by atoms with van der Waals surface area (Å²) in [6, 6.07) is 19.1. The highest BCUT2D eigenvalue weighted by atomic mass is 16.7. The minimum Gasteiger partial charge on any atom is -0.447 e. The molecule has 2 heterocycles. The second-order valence-electron chi connectivity index (χ2n) is 6.46. The van der Waals surface area contributed by atoms with Crippen LogP contribution in [-0.4, -0.2) is 36.2 Å². The van der Waals surface area contributed by atoms with Gasteiger partial charge in [0.25, 0.3) is 0 Å². The predicted octanol–water partition coefficient (Wildman–Crippen LogP) is 3.16. The van der Waals surface area contributed by atoms with E-state index in [0.717, 1.165) is 11.3 Å². The number of imide groups is 1. The number of hydroxylamine groups is 1. The van der Waals surface area contributed by atoms with Crippen LogP contribution in [0.15, 0.2) is 60.7 Å². The van der Waals surface area contributed by atoms with Crippen molar-refractivity contribution in [3.63, 3.8) is 0 Å². The van der Waals surface area contributed by atoms with Crippen molar-refractivity contribution in [2.45, 2.75) is 19.1 Å². The average molecular weight is 352 g/mol. The number of benzene rings is 2. The summed E-state index contributed by atoms with van der Waals surface area (Å²) in [7, 11) is 0. The Kier molecular flexibility index (Phi) is 4.34. The number of amides is 2. The lowest BCUT2D eigenvalue weighted by molar-refractivity contribution is -0.133. The van der Waals surface area contributed by atoms with Crippen LogP contribution in [0.2, 0.25) is 0 Å². The molecule has 0 unspecified atom stereocenters. The number of para-hydroxylation sites is 1. The summed E-state index contributed by atoms with van der Waals surface area (Å²) in [5, 5.41) is 1.78. The second-order valence-corrected chi connectivity index (χ2v) is 6.46. The molecule has 2 aromatic carbocycles. The molecule has 0 spiro atoms. The number of rotatable bonds is 3. The van der Waals surface area contributed by atoms with Crippen LogP contribution in [0, 0.1) is 5.92 Å². The van der Waals surface area contributed by atoms with Crippen molar-refractivity contribution in [1.29, 1.82) is 0 Å². The molecule has 0 aliphatic carbocycles. The van der Waals surface area contributed by atoms with Crippen LogP contribution in [0.25, 0.3) is 0 Å². The quantitative estimate of drug-likeness (QED) is 0.849. The zero-order valence-corrected chi connectivity index (χ0v) is 14.4. The Bertz CT molecular complexity index is 796. The molecule has 2 saturated heterocycles. The summed E-state index contributed by atoms with van der Waals surface area (Å²) in [4.78, 5) is 32.3. The summed E-state index contributed by atoms with van der Waals surface area (Å²) < 4.78 is 4.95. The zero-order chi connectivity index (χ0) is 18.1. The molecule has 6 heteroatoms. The van der Waals surface area contributed by atoms with E-state index in [2.05, 4.69) is 0 Å². The van der Waals surface area contributed by atoms with Crippen LogP contribution in [0.5, 0.6) is 0 Å². The van der Waals surface area contributed by atoms with Gasteiger partial charge in [-0.2, -0.15) is 0 Å². The highest BCUT2D eigenvalue weighted by Crippen LogP contribution is 2.43. The highest BCUT2D eigenvalue weighted by Gasteiger charge is 2.49. The molecule has 0 N–H and O–H groups in total. The van der Waals surface area contributed by atoms with Crippen LogP contribution in [0.4, 0.5) is 10.5 Å². The van der Waals surface area contributed by atoms with E-state index >= 15 is 0 Å². The normalized spacial score (nSPS) is 25.4. The molecular formula is C20H20N2O4. The van der Waals surface area contributed by atoms with Crippen molar-refractivity contribution in [3.05, 3.63) is 66.2 Å². The van der Waals surface area contributed by atoms with E-state index in [4.69, 9.17) is 9.57 Å². The number of carbonyl (C=O) groups is 2. The van der Waals surface area contributed by atoms with Gasteiger partial charge in [-0.15, -0.1) is 0 Å². The lowest BCUT2D eigenvalue weighted by atomic mass is 9.88. The second kappa shape index (κ2) is 6.80. The number of nitrogens with zero attached hydrogens (tertiary/aromatic N) is 2. The van der Waals surface area contributed by atoms with Crippen molar-refractivity contribution in [1.82, 2.24) is 4.90 Å². The lowest BCUT2D eigenvalue weighted by Crippen LogP contribution is -2.41. The molecule has 6 nitrogen and oxygen atoms in total. The van der Waals surface area contributed by atoms with Crippen molar-refractivity contribution in [2.75, 3.05) is 18.2 Å². The van der Waals surface area contributed by atoms with Gasteiger partial charge in [-0.3, -0.25) is 9.63 Å². The van der Waals surface area contributed by atoms with Gasteiger partial charge in [-0.1, -0.05) is 48.5 Å². The number of cyclic esters (lactones) is 1. The van der Waals surface area contributed by atoms with E-state index in [9.17, 15) is 9.59 Å². The van der Waals surface area contributed by atoms with Gasteiger partial charge in [0.05, 0.1) is 30.3 Å². The first-order valence-corrected chi connectivity index (χ1v) is 8.71. The molecule has 2 aromatic rings. The van der Waals surface area contributed by atoms with Crippen LogP contribution < -0.4 is 5.06 Å². The van der Waals surface area contributed by atoms with Gasteiger partial charge < -0.3 is 4.74 Å². The highest BCUT2D eigenvalue weighted by molar-refractivity contribution is 5.95. The number of anilines is 1. The van der Waals surface area contributed by atoms with Crippen LogP contribution in [-0.2, 0) is 14.4 Å². The molecule has 2 fully saturated rings. The molecule has 134 valence electrons. The summed E-state index contributed by atoms with van der Waals surface area (Å²) in [5.74, 6) is -0.768. The van der Waals surface area contributed by atoms with Gasteiger partial charge in [0.1, 0.15) is 6.61 Å². The fourth-order valence-corrected chi connectivity index (χ4v) is 3.61. The van der Waals surface area contributed by atoms with Crippen LogP contribution in [0.3, 0.4) is 0 Å². The number of hydrogen-bond acceptors (Lipinski definition) is 5. The topological polar surface area (TPSA) is 59.1 Å².